The second-order valence-corrected chi connectivity index (χ2v) is 8.91. The minimum absolute atomic E-state index is 0.0629. The summed E-state index contributed by atoms with van der Waals surface area (Å²) in [5.74, 6) is -0.0201. The van der Waals surface area contributed by atoms with Gasteiger partial charge in [0.2, 0.25) is 15.9 Å². The molecule has 2 aromatic carbocycles. The van der Waals surface area contributed by atoms with E-state index in [0.717, 1.165) is 18.5 Å². The zero-order valence-corrected chi connectivity index (χ0v) is 17.2. The first-order chi connectivity index (χ1) is 13.9. The van der Waals surface area contributed by atoms with Gasteiger partial charge in [0.15, 0.2) is 0 Å². The zero-order valence-electron chi connectivity index (χ0n) is 16.3. The molecule has 0 saturated carbocycles. The number of nitrogens with one attached hydrogen (secondary N) is 2. The SMILES string of the molecule is CCCS(=O)(=O)Nc1ccc(NC(=O)c2ccc(CN3CCCC3=O)cc2)cc1. The summed E-state index contributed by atoms with van der Waals surface area (Å²) in [4.78, 5) is 26.0. The van der Waals surface area contributed by atoms with Gasteiger partial charge in [-0.1, -0.05) is 19.1 Å². The maximum Gasteiger partial charge on any atom is 0.255 e. The highest BCUT2D eigenvalue weighted by Gasteiger charge is 2.20. The van der Waals surface area contributed by atoms with Crippen molar-refractivity contribution in [3.8, 4) is 0 Å². The van der Waals surface area contributed by atoms with Gasteiger partial charge in [0, 0.05) is 36.4 Å². The van der Waals surface area contributed by atoms with Crippen LogP contribution in [0.2, 0.25) is 0 Å². The molecule has 1 aliphatic heterocycles. The lowest BCUT2D eigenvalue weighted by Crippen LogP contribution is -2.23. The van der Waals surface area contributed by atoms with Crippen LogP contribution < -0.4 is 10.0 Å². The molecule has 2 aromatic rings. The Morgan fingerprint density at radius 3 is 2.28 bits per heavy atom. The molecule has 7 nitrogen and oxygen atoms in total. The van der Waals surface area contributed by atoms with Crippen LogP contribution in [0.3, 0.4) is 0 Å². The highest BCUT2D eigenvalue weighted by Crippen LogP contribution is 2.18. The number of benzene rings is 2. The summed E-state index contributed by atoms with van der Waals surface area (Å²) in [6, 6.07) is 13.7. The van der Waals surface area contributed by atoms with Crippen LogP contribution >= 0.6 is 0 Å². The lowest BCUT2D eigenvalue weighted by molar-refractivity contribution is -0.128. The molecule has 0 unspecified atom stereocenters. The van der Waals surface area contributed by atoms with E-state index in [4.69, 9.17) is 0 Å². The molecule has 29 heavy (non-hydrogen) atoms. The van der Waals surface area contributed by atoms with Crippen molar-refractivity contribution in [1.82, 2.24) is 4.90 Å². The van der Waals surface area contributed by atoms with Crippen LogP contribution in [0.15, 0.2) is 48.5 Å². The molecular weight excluding hydrogens is 390 g/mol. The predicted molar refractivity (Wildman–Crippen MR) is 113 cm³/mol. The summed E-state index contributed by atoms with van der Waals surface area (Å²) in [5.41, 5.74) is 2.52. The molecule has 0 aromatic heterocycles. The molecule has 0 spiro atoms. The summed E-state index contributed by atoms with van der Waals surface area (Å²) in [6.45, 7) is 3.15. The summed E-state index contributed by atoms with van der Waals surface area (Å²) >= 11 is 0. The quantitative estimate of drug-likeness (QED) is 0.692. The van der Waals surface area contributed by atoms with E-state index in [1.807, 2.05) is 17.0 Å². The Labute approximate surface area is 171 Å². The third-order valence-electron chi connectivity index (χ3n) is 4.65. The largest absolute Gasteiger partial charge is 0.338 e. The number of carbonyl (C=O) groups is 2. The van der Waals surface area contributed by atoms with Crippen LogP contribution in [-0.2, 0) is 21.4 Å². The van der Waals surface area contributed by atoms with Gasteiger partial charge in [-0.2, -0.15) is 0 Å². The molecule has 0 atom stereocenters. The fourth-order valence-corrected chi connectivity index (χ4v) is 4.31. The lowest BCUT2D eigenvalue weighted by atomic mass is 10.1. The van der Waals surface area contributed by atoms with Crippen molar-refractivity contribution in [3.63, 3.8) is 0 Å². The van der Waals surface area contributed by atoms with Gasteiger partial charge >= 0.3 is 0 Å². The highest BCUT2D eigenvalue weighted by atomic mass is 32.2. The Morgan fingerprint density at radius 2 is 1.69 bits per heavy atom. The third kappa shape index (κ3) is 5.80. The third-order valence-corrected chi connectivity index (χ3v) is 6.14. The van der Waals surface area contributed by atoms with Crippen LogP contribution in [0.1, 0.15) is 42.1 Å². The fraction of sp³-hybridized carbons (Fsp3) is 0.333. The molecular formula is C21H25N3O4S. The molecule has 0 aliphatic carbocycles. The molecule has 1 aliphatic rings. The maximum atomic E-state index is 12.4. The van der Waals surface area contributed by atoms with Crippen molar-refractivity contribution in [1.29, 1.82) is 0 Å². The number of amides is 2. The van der Waals surface area contributed by atoms with Gasteiger partial charge < -0.3 is 10.2 Å². The van der Waals surface area contributed by atoms with Crippen molar-refractivity contribution in [3.05, 3.63) is 59.7 Å². The first kappa shape index (κ1) is 20.9. The Morgan fingerprint density at radius 1 is 1.03 bits per heavy atom. The normalized spacial score (nSPS) is 14.1. The molecule has 2 amide bonds. The molecule has 2 N–H and O–H groups in total. The van der Waals surface area contributed by atoms with Gasteiger partial charge in [-0.3, -0.25) is 14.3 Å². The number of nitrogens with zero attached hydrogens (tertiary/aromatic N) is 1. The van der Waals surface area contributed by atoms with E-state index in [-0.39, 0.29) is 17.6 Å². The fourth-order valence-electron chi connectivity index (χ4n) is 3.18. The number of carbonyl (C=O) groups excluding carboxylic acids is 2. The Kier molecular flexibility index (Phi) is 6.53. The summed E-state index contributed by atoms with van der Waals surface area (Å²) in [6.07, 6.45) is 2.05. The van der Waals surface area contributed by atoms with Gasteiger partial charge in [-0.15, -0.1) is 0 Å². The molecule has 1 saturated heterocycles. The maximum absolute atomic E-state index is 12.4. The van der Waals surface area contributed by atoms with E-state index in [0.29, 0.717) is 36.3 Å². The average Bonchev–Trinajstić information content (AvgIpc) is 3.08. The topological polar surface area (TPSA) is 95.6 Å². The molecule has 0 radical (unpaired) electrons. The van der Waals surface area contributed by atoms with E-state index in [2.05, 4.69) is 10.0 Å². The van der Waals surface area contributed by atoms with Gasteiger partial charge in [0.25, 0.3) is 5.91 Å². The number of likely N-dealkylation sites (tertiary alicyclic amines) is 1. The molecule has 154 valence electrons. The average molecular weight is 416 g/mol. The molecule has 0 bridgehead atoms. The number of anilines is 2. The van der Waals surface area contributed by atoms with E-state index in [1.165, 1.54) is 0 Å². The molecule has 8 heteroatoms. The summed E-state index contributed by atoms with van der Waals surface area (Å²) < 4.78 is 26.1. The van der Waals surface area contributed by atoms with Crippen molar-refractivity contribution >= 4 is 33.2 Å². The van der Waals surface area contributed by atoms with E-state index < -0.39 is 10.0 Å². The van der Waals surface area contributed by atoms with Gasteiger partial charge in [0.1, 0.15) is 0 Å². The van der Waals surface area contributed by atoms with Crippen molar-refractivity contribution in [2.24, 2.45) is 0 Å². The Hall–Kier alpha value is -2.87. The number of hydrogen-bond donors (Lipinski definition) is 2. The highest BCUT2D eigenvalue weighted by molar-refractivity contribution is 7.92. The summed E-state index contributed by atoms with van der Waals surface area (Å²) in [5, 5.41) is 2.79. The van der Waals surface area contributed by atoms with Crippen LogP contribution in [0.5, 0.6) is 0 Å². The standard InChI is InChI=1S/C21H25N3O4S/c1-2-14-29(27,28)23-19-11-9-18(10-12-19)22-21(26)17-7-5-16(6-8-17)15-24-13-3-4-20(24)25/h5-12,23H,2-4,13-15H2,1H3,(H,22,26). The number of sulfonamides is 1. The Bertz CT molecular complexity index is 970. The molecule has 1 fully saturated rings. The second kappa shape index (κ2) is 9.09. The van der Waals surface area contributed by atoms with E-state index >= 15 is 0 Å². The lowest BCUT2D eigenvalue weighted by Gasteiger charge is -2.15. The van der Waals surface area contributed by atoms with Gasteiger partial charge in [0.05, 0.1) is 5.75 Å². The van der Waals surface area contributed by atoms with Crippen molar-refractivity contribution in [2.45, 2.75) is 32.7 Å². The van der Waals surface area contributed by atoms with Crippen LogP contribution in [0.4, 0.5) is 11.4 Å². The van der Waals surface area contributed by atoms with E-state index in [1.54, 1.807) is 43.3 Å². The minimum atomic E-state index is -3.34. The second-order valence-electron chi connectivity index (χ2n) is 7.07. The first-order valence-electron chi connectivity index (χ1n) is 9.65. The van der Waals surface area contributed by atoms with Crippen LogP contribution in [0, 0.1) is 0 Å². The smallest absolute Gasteiger partial charge is 0.255 e. The van der Waals surface area contributed by atoms with E-state index in [9.17, 15) is 18.0 Å². The monoisotopic (exact) mass is 415 g/mol. The Balaban J connectivity index is 1.57. The van der Waals surface area contributed by atoms with Gasteiger partial charge in [-0.25, -0.2) is 8.42 Å². The predicted octanol–water partition coefficient (Wildman–Crippen LogP) is 3.21. The van der Waals surface area contributed by atoms with Crippen molar-refractivity contribution in [2.75, 3.05) is 22.3 Å². The number of hydrogen-bond acceptors (Lipinski definition) is 4. The molecule has 3 rings (SSSR count). The number of rotatable bonds is 8. The van der Waals surface area contributed by atoms with Crippen molar-refractivity contribution < 1.29 is 18.0 Å². The minimum Gasteiger partial charge on any atom is -0.338 e. The van der Waals surface area contributed by atoms with Crippen LogP contribution in [-0.4, -0.2) is 37.4 Å². The summed E-state index contributed by atoms with van der Waals surface area (Å²) in [7, 11) is -3.34. The first-order valence-corrected chi connectivity index (χ1v) is 11.3. The molecule has 1 heterocycles. The van der Waals surface area contributed by atoms with Gasteiger partial charge in [-0.05, 0) is 54.8 Å². The van der Waals surface area contributed by atoms with Crippen LogP contribution in [0.25, 0.3) is 0 Å². The zero-order chi connectivity index (χ0) is 20.9.